The molecule has 1 heterocycles. The Balaban J connectivity index is 2.00. The summed E-state index contributed by atoms with van der Waals surface area (Å²) in [4.78, 5) is 23.2. The van der Waals surface area contributed by atoms with Gasteiger partial charge in [-0.3, -0.25) is 0 Å². The fraction of sp³-hybridized carbons (Fsp3) is 0.0588. The van der Waals surface area contributed by atoms with Crippen LogP contribution in [0, 0.1) is 0 Å². The summed E-state index contributed by atoms with van der Waals surface area (Å²) in [5.41, 5.74) is 2.87. The van der Waals surface area contributed by atoms with Crippen molar-refractivity contribution in [1.82, 2.24) is 0 Å². The molecule has 21 heavy (non-hydrogen) atoms. The SMILES string of the molecule is COC1=C(c2ccc(-c3ccccc3)cc2)C(=O)OC1=O. The Morgan fingerprint density at radius 3 is 1.95 bits per heavy atom. The van der Waals surface area contributed by atoms with Crippen molar-refractivity contribution in [2.75, 3.05) is 7.11 Å². The van der Waals surface area contributed by atoms with E-state index in [1.165, 1.54) is 7.11 Å². The van der Waals surface area contributed by atoms with Crippen LogP contribution < -0.4 is 0 Å². The number of rotatable bonds is 3. The van der Waals surface area contributed by atoms with Crippen LogP contribution in [0.5, 0.6) is 0 Å². The molecule has 0 aromatic heterocycles. The summed E-state index contributed by atoms with van der Waals surface area (Å²) in [6, 6.07) is 17.2. The van der Waals surface area contributed by atoms with Crippen molar-refractivity contribution < 1.29 is 19.1 Å². The number of benzene rings is 2. The van der Waals surface area contributed by atoms with E-state index >= 15 is 0 Å². The van der Waals surface area contributed by atoms with E-state index in [4.69, 9.17) is 4.74 Å². The highest BCUT2D eigenvalue weighted by Gasteiger charge is 2.35. The predicted octanol–water partition coefficient (Wildman–Crippen LogP) is 2.79. The van der Waals surface area contributed by atoms with Crippen LogP contribution >= 0.6 is 0 Å². The van der Waals surface area contributed by atoms with Crippen molar-refractivity contribution in [1.29, 1.82) is 0 Å². The molecule has 0 bridgehead atoms. The highest BCUT2D eigenvalue weighted by Crippen LogP contribution is 2.29. The average Bonchev–Trinajstić information content (AvgIpc) is 2.82. The van der Waals surface area contributed by atoms with Crippen molar-refractivity contribution in [2.45, 2.75) is 0 Å². The second-order valence-corrected chi connectivity index (χ2v) is 4.53. The Bertz CT molecular complexity index is 727. The molecule has 0 saturated heterocycles. The summed E-state index contributed by atoms with van der Waals surface area (Å²) in [6.45, 7) is 0. The normalized spacial score (nSPS) is 14.3. The molecule has 0 unspecified atom stereocenters. The lowest BCUT2D eigenvalue weighted by Crippen LogP contribution is -2.02. The zero-order valence-corrected chi connectivity index (χ0v) is 11.3. The number of carbonyl (C=O) groups is 2. The van der Waals surface area contributed by atoms with Crippen LogP contribution in [0.15, 0.2) is 60.4 Å². The molecule has 0 amide bonds. The predicted molar refractivity (Wildman–Crippen MR) is 76.9 cm³/mol. The molecule has 0 radical (unpaired) electrons. The molecule has 0 spiro atoms. The van der Waals surface area contributed by atoms with Crippen LogP contribution in [0.4, 0.5) is 0 Å². The van der Waals surface area contributed by atoms with Crippen LogP contribution in [0.2, 0.25) is 0 Å². The Labute approximate surface area is 121 Å². The van der Waals surface area contributed by atoms with Crippen molar-refractivity contribution in [3.8, 4) is 11.1 Å². The third-order valence-corrected chi connectivity index (χ3v) is 3.29. The molecule has 4 nitrogen and oxygen atoms in total. The zero-order valence-electron chi connectivity index (χ0n) is 11.3. The van der Waals surface area contributed by atoms with Crippen LogP contribution in [0.25, 0.3) is 16.7 Å². The molecule has 104 valence electrons. The lowest BCUT2D eigenvalue weighted by Gasteiger charge is -2.04. The van der Waals surface area contributed by atoms with Crippen LogP contribution in [-0.4, -0.2) is 19.0 Å². The van der Waals surface area contributed by atoms with Gasteiger partial charge in [-0.25, -0.2) is 9.59 Å². The van der Waals surface area contributed by atoms with Crippen LogP contribution in [-0.2, 0) is 19.1 Å². The van der Waals surface area contributed by atoms with Crippen molar-refractivity contribution in [3.63, 3.8) is 0 Å². The largest absolute Gasteiger partial charge is 0.489 e. The molecule has 0 fully saturated rings. The van der Waals surface area contributed by atoms with E-state index in [9.17, 15) is 9.59 Å². The minimum Gasteiger partial charge on any atom is -0.489 e. The third-order valence-electron chi connectivity index (χ3n) is 3.29. The fourth-order valence-corrected chi connectivity index (χ4v) is 2.27. The van der Waals surface area contributed by atoms with Crippen molar-refractivity contribution in [2.24, 2.45) is 0 Å². The Morgan fingerprint density at radius 1 is 0.762 bits per heavy atom. The van der Waals surface area contributed by atoms with Gasteiger partial charge in [0.1, 0.15) is 5.57 Å². The van der Waals surface area contributed by atoms with E-state index < -0.39 is 11.9 Å². The van der Waals surface area contributed by atoms with Gasteiger partial charge in [-0.05, 0) is 16.7 Å². The van der Waals surface area contributed by atoms with E-state index in [1.807, 2.05) is 42.5 Å². The second kappa shape index (κ2) is 5.25. The van der Waals surface area contributed by atoms with Gasteiger partial charge in [0.2, 0.25) is 5.76 Å². The second-order valence-electron chi connectivity index (χ2n) is 4.53. The minimum absolute atomic E-state index is 0.0486. The van der Waals surface area contributed by atoms with Gasteiger partial charge < -0.3 is 9.47 Å². The summed E-state index contributed by atoms with van der Waals surface area (Å²) >= 11 is 0. The molecular weight excluding hydrogens is 268 g/mol. The van der Waals surface area contributed by atoms with Gasteiger partial charge in [0, 0.05) is 0 Å². The molecule has 4 heteroatoms. The molecule has 1 aliphatic rings. The maximum absolute atomic E-state index is 11.7. The molecule has 3 rings (SSSR count). The summed E-state index contributed by atoms with van der Waals surface area (Å²) in [7, 11) is 1.34. The van der Waals surface area contributed by atoms with Gasteiger partial charge in [0.25, 0.3) is 0 Å². The third kappa shape index (κ3) is 2.31. The molecule has 2 aromatic carbocycles. The smallest absolute Gasteiger partial charge is 0.382 e. The van der Waals surface area contributed by atoms with Crippen molar-refractivity contribution >= 4 is 17.5 Å². The number of methoxy groups -OCH3 is 1. The van der Waals surface area contributed by atoms with E-state index in [1.54, 1.807) is 12.1 Å². The maximum atomic E-state index is 11.7. The van der Waals surface area contributed by atoms with Crippen molar-refractivity contribution in [3.05, 3.63) is 65.9 Å². The first-order valence-electron chi connectivity index (χ1n) is 6.41. The minimum atomic E-state index is -0.746. The number of hydrogen-bond acceptors (Lipinski definition) is 4. The number of ether oxygens (including phenoxy) is 2. The lowest BCUT2D eigenvalue weighted by atomic mass is 10.0. The Morgan fingerprint density at radius 2 is 1.33 bits per heavy atom. The van der Waals surface area contributed by atoms with E-state index in [2.05, 4.69) is 4.74 Å². The monoisotopic (exact) mass is 280 g/mol. The van der Waals surface area contributed by atoms with E-state index in [0.29, 0.717) is 5.56 Å². The lowest BCUT2D eigenvalue weighted by molar-refractivity contribution is -0.151. The number of cyclic esters (lactones) is 2. The zero-order chi connectivity index (χ0) is 14.8. The number of esters is 2. The first-order chi connectivity index (χ1) is 10.2. The van der Waals surface area contributed by atoms with E-state index in [0.717, 1.165) is 11.1 Å². The Kier molecular flexibility index (Phi) is 3.28. The Hall–Kier alpha value is -2.88. The molecule has 2 aromatic rings. The highest BCUT2D eigenvalue weighted by atomic mass is 16.6. The summed E-state index contributed by atoms with van der Waals surface area (Å²) in [6.07, 6.45) is 0. The molecule has 0 aliphatic carbocycles. The van der Waals surface area contributed by atoms with Gasteiger partial charge in [0.15, 0.2) is 0 Å². The molecule has 0 atom stereocenters. The average molecular weight is 280 g/mol. The first-order valence-corrected chi connectivity index (χ1v) is 6.41. The van der Waals surface area contributed by atoms with Gasteiger partial charge >= 0.3 is 11.9 Å². The summed E-state index contributed by atoms with van der Waals surface area (Å²) < 4.78 is 9.53. The standard InChI is InChI=1S/C17H12O4/c1-20-15-14(16(18)21-17(15)19)13-9-7-12(8-10-13)11-5-3-2-4-6-11/h2-10H,1H3. The highest BCUT2D eigenvalue weighted by molar-refractivity contribution is 6.30. The molecular formula is C17H12O4. The van der Waals surface area contributed by atoms with Crippen LogP contribution in [0.1, 0.15) is 5.56 Å². The van der Waals surface area contributed by atoms with Crippen LogP contribution in [0.3, 0.4) is 0 Å². The topological polar surface area (TPSA) is 52.6 Å². The van der Waals surface area contributed by atoms with Gasteiger partial charge in [-0.2, -0.15) is 0 Å². The van der Waals surface area contributed by atoms with E-state index in [-0.39, 0.29) is 11.3 Å². The maximum Gasteiger partial charge on any atom is 0.382 e. The van der Waals surface area contributed by atoms with Gasteiger partial charge in [-0.1, -0.05) is 54.6 Å². The molecule has 1 aliphatic heterocycles. The summed E-state index contributed by atoms with van der Waals surface area (Å²) in [5.74, 6) is -1.47. The van der Waals surface area contributed by atoms with Gasteiger partial charge in [-0.15, -0.1) is 0 Å². The number of hydrogen-bond donors (Lipinski definition) is 0. The quantitative estimate of drug-likeness (QED) is 0.641. The molecule has 0 N–H and O–H groups in total. The number of carbonyl (C=O) groups excluding carboxylic acids is 2. The molecule has 0 saturated carbocycles. The summed E-state index contributed by atoms with van der Waals surface area (Å²) in [5, 5.41) is 0. The fourth-order valence-electron chi connectivity index (χ4n) is 2.27. The first kappa shape index (κ1) is 13.1. The van der Waals surface area contributed by atoms with Gasteiger partial charge in [0.05, 0.1) is 7.11 Å².